The molecule has 3 aliphatic rings. The van der Waals surface area contributed by atoms with Crippen molar-refractivity contribution in [1.29, 1.82) is 0 Å². The zero-order chi connectivity index (χ0) is 48.7. The summed E-state index contributed by atoms with van der Waals surface area (Å²) >= 11 is 0. The molecule has 67 heavy (non-hydrogen) atoms. The highest BCUT2D eigenvalue weighted by molar-refractivity contribution is 5.67. The number of aliphatic hydroxyl groups is 7. The molecule has 2 aromatic carbocycles. The topological polar surface area (TPSA) is 223 Å². The van der Waals surface area contributed by atoms with Crippen LogP contribution in [0.5, 0.6) is 5.75 Å². The molecule has 12 heteroatoms. The molecule has 1 saturated carbocycles. The van der Waals surface area contributed by atoms with Crippen molar-refractivity contribution in [2.24, 2.45) is 11.8 Å². The van der Waals surface area contributed by atoms with Crippen molar-refractivity contribution < 1.29 is 50.8 Å². The fraction of sp³-hybridized carbons (Fsp3) is 0.655. The first-order chi connectivity index (χ1) is 32.1. The van der Waals surface area contributed by atoms with E-state index in [9.17, 15) is 50.8 Å². The van der Waals surface area contributed by atoms with Gasteiger partial charge in [-0.2, -0.15) is 0 Å². The highest BCUT2D eigenvalue weighted by Gasteiger charge is 2.53. The van der Waals surface area contributed by atoms with E-state index in [0.717, 1.165) is 66.4 Å². The molecular formula is C55H82N2O10. The number of aliphatic hydroxyl groups excluding tert-OH is 6. The maximum Gasteiger partial charge on any atom is 0.303 e. The van der Waals surface area contributed by atoms with Crippen LogP contribution in [-0.4, -0.2) is 119 Å². The van der Waals surface area contributed by atoms with Gasteiger partial charge < -0.3 is 56.6 Å². The summed E-state index contributed by atoms with van der Waals surface area (Å²) in [5, 5.41) is 108. The zero-order valence-corrected chi connectivity index (χ0v) is 40.5. The summed E-state index contributed by atoms with van der Waals surface area (Å²) in [5.41, 5.74) is 3.19. The van der Waals surface area contributed by atoms with Gasteiger partial charge in [-0.25, -0.2) is 0 Å². The van der Waals surface area contributed by atoms with Crippen LogP contribution in [0.4, 0.5) is 0 Å². The molecule has 12 nitrogen and oxygen atoms in total. The van der Waals surface area contributed by atoms with E-state index in [2.05, 4.69) is 41.5 Å². The number of nitrogens with one attached hydrogen (secondary N) is 2. The van der Waals surface area contributed by atoms with E-state index < -0.39 is 72.1 Å². The molecular weight excluding hydrogens is 849 g/mol. The number of hydrogen-bond donors (Lipinski definition) is 11. The molecule has 372 valence electrons. The average molecular weight is 931 g/mol. The maximum atomic E-state index is 13.5. The number of allylic oxidation sites excluding steroid dienone is 2. The molecule has 0 bridgehead atoms. The van der Waals surface area contributed by atoms with Crippen LogP contribution < -0.4 is 10.6 Å². The smallest absolute Gasteiger partial charge is 0.303 e. The second-order valence-corrected chi connectivity index (χ2v) is 20.1. The van der Waals surface area contributed by atoms with Crippen molar-refractivity contribution in [3.8, 4) is 17.6 Å². The number of carboxylic acid groups (broad SMARTS) is 1. The minimum Gasteiger partial charge on any atom is -0.508 e. The Labute approximate surface area is 399 Å². The SMILES string of the molecule is CCCCC(O)C(O)C=CC1=C(CC(O)CO)C(CCC(O)C2NC(C)CCC(CO)C2CC(=O)O)NC(C(C)(O)C2(c3ccc(O)cc3)CCCCC2)CC#Cc2c(CC)cccc2CC1. The Kier molecular flexibility index (Phi) is 21.0. The lowest BCUT2D eigenvalue weighted by Gasteiger charge is -2.52. The molecule has 2 heterocycles. The lowest BCUT2D eigenvalue weighted by Crippen LogP contribution is -2.63. The van der Waals surface area contributed by atoms with Gasteiger partial charge >= 0.3 is 5.97 Å². The molecule has 0 amide bonds. The Morgan fingerprint density at radius 1 is 0.970 bits per heavy atom. The van der Waals surface area contributed by atoms with Gasteiger partial charge in [-0.1, -0.05) is 100 Å². The summed E-state index contributed by atoms with van der Waals surface area (Å²) in [6.45, 7) is 7.25. The number of aliphatic carboxylic acids is 1. The van der Waals surface area contributed by atoms with E-state index in [-0.39, 0.29) is 56.4 Å². The molecule has 11 N–H and O–H groups in total. The molecule has 0 aromatic heterocycles. The van der Waals surface area contributed by atoms with Gasteiger partial charge in [-0.15, -0.1) is 0 Å². The van der Waals surface area contributed by atoms with E-state index in [1.165, 1.54) is 0 Å². The number of fused-ring (bicyclic) bond motifs is 1. The Bertz CT molecular complexity index is 1980. The van der Waals surface area contributed by atoms with Crippen molar-refractivity contribution in [2.45, 2.75) is 203 Å². The van der Waals surface area contributed by atoms with Gasteiger partial charge in [0, 0.05) is 48.2 Å². The highest BCUT2D eigenvalue weighted by atomic mass is 16.4. The van der Waals surface area contributed by atoms with E-state index in [1.807, 2.05) is 45.0 Å². The molecule has 5 rings (SSSR count). The number of carboxylic acids is 1. The number of benzene rings is 2. The number of carbonyl (C=O) groups is 1. The molecule has 0 radical (unpaired) electrons. The predicted octanol–water partition coefficient (Wildman–Crippen LogP) is 6.11. The molecule has 2 aliphatic heterocycles. The Morgan fingerprint density at radius 2 is 1.70 bits per heavy atom. The molecule has 0 spiro atoms. The number of rotatable bonds is 20. The second-order valence-electron chi connectivity index (χ2n) is 20.1. The van der Waals surface area contributed by atoms with Crippen molar-refractivity contribution in [2.75, 3.05) is 13.2 Å². The van der Waals surface area contributed by atoms with Gasteiger partial charge in [0.15, 0.2) is 0 Å². The first-order valence-corrected chi connectivity index (χ1v) is 25.3. The van der Waals surface area contributed by atoms with Crippen LogP contribution in [0.3, 0.4) is 0 Å². The molecule has 11 unspecified atom stereocenters. The van der Waals surface area contributed by atoms with Gasteiger partial charge in [0.25, 0.3) is 0 Å². The third-order valence-electron chi connectivity index (χ3n) is 15.5. The quantitative estimate of drug-likeness (QED) is 0.0678. The van der Waals surface area contributed by atoms with E-state index in [1.54, 1.807) is 18.2 Å². The number of phenols is 1. The van der Waals surface area contributed by atoms with Gasteiger partial charge in [0.1, 0.15) is 5.75 Å². The summed E-state index contributed by atoms with van der Waals surface area (Å²) in [4.78, 5) is 12.3. The molecule has 2 fully saturated rings. The van der Waals surface area contributed by atoms with E-state index in [0.29, 0.717) is 50.5 Å². The number of hydrogen-bond acceptors (Lipinski definition) is 11. The van der Waals surface area contributed by atoms with Crippen LogP contribution in [0.1, 0.15) is 153 Å². The summed E-state index contributed by atoms with van der Waals surface area (Å²) in [5.74, 6) is 5.27. The Balaban J connectivity index is 1.74. The number of phenolic OH excluding ortho intramolecular Hbond substituents is 1. The van der Waals surface area contributed by atoms with Crippen molar-refractivity contribution in [3.05, 3.63) is 88.0 Å². The van der Waals surface area contributed by atoms with Crippen LogP contribution in [-0.2, 0) is 23.1 Å². The third-order valence-corrected chi connectivity index (χ3v) is 15.5. The molecule has 1 saturated heterocycles. The Hall–Kier alpha value is -3.61. The fourth-order valence-electron chi connectivity index (χ4n) is 11.4. The van der Waals surface area contributed by atoms with Crippen LogP contribution in [0.25, 0.3) is 0 Å². The first-order valence-electron chi connectivity index (χ1n) is 25.3. The van der Waals surface area contributed by atoms with Crippen molar-refractivity contribution in [1.82, 2.24) is 10.6 Å². The number of aryl methyl sites for hydroxylation is 2. The normalized spacial score (nSPS) is 26.7. The van der Waals surface area contributed by atoms with Crippen LogP contribution in [0.2, 0.25) is 0 Å². The van der Waals surface area contributed by atoms with Crippen LogP contribution >= 0.6 is 0 Å². The van der Waals surface area contributed by atoms with Gasteiger partial charge in [-0.3, -0.25) is 4.79 Å². The fourth-order valence-corrected chi connectivity index (χ4v) is 11.4. The van der Waals surface area contributed by atoms with Crippen LogP contribution in [0, 0.1) is 23.7 Å². The highest BCUT2D eigenvalue weighted by Crippen LogP contribution is 2.50. The second kappa shape index (κ2) is 25.8. The largest absolute Gasteiger partial charge is 0.508 e. The molecule has 11 atom stereocenters. The third kappa shape index (κ3) is 14.0. The molecule has 1 aliphatic carbocycles. The lowest BCUT2D eigenvalue weighted by molar-refractivity contribution is -0.139. The zero-order valence-electron chi connectivity index (χ0n) is 40.5. The summed E-state index contributed by atoms with van der Waals surface area (Å²) < 4.78 is 0. The van der Waals surface area contributed by atoms with E-state index in [4.69, 9.17) is 0 Å². The minimum absolute atomic E-state index is 0.0108. The lowest BCUT2D eigenvalue weighted by atomic mass is 9.57. The molecule has 2 aromatic rings. The first kappa shape index (κ1) is 54.3. The number of aromatic hydroxyl groups is 1. The maximum absolute atomic E-state index is 13.5. The Morgan fingerprint density at radius 3 is 2.36 bits per heavy atom. The summed E-state index contributed by atoms with van der Waals surface area (Å²) in [6.07, 6.45) is 8.63. The van der Waals surface area contributed by atoms with Gasteiger partial charge in [0.05, 0.1) is 43.0 Å². The summed E-state index contributed by atoms with van der Waals surface area (Å²) in [6, 6.07) is 11.2. The van der Waals surface area contributed by atoms with Crippen molar-refractivity contribution >= 4 is 5.97 Å². The van der Waals surface area contributed by atoms with Gasteiger partial charge in [0.2, 0.25) is 0 Å². The van der Waals surface area contributed by atoms with Crippen molar-refractivity contribution in [3.63, 3.8) is 0 Å². The number of unbranched alkanes of at least 4 members (excludes halogenated alkanes) is 1. The van der Waals surface area contributed by atoms with Crippen LogP contribution in [0.15, 0.2) is 65.8 Å². The predicted molar refractivity (Wildman–Crippen MR) is 262 cm³/mol. The average Bonchev–Trinajstić information content (AvgIpc) is 3.47. The minimum atomic E-state index is -1.47. The van der Waals surface area contributed by atoms with E-state index >= 15 is 0 Å². The standard InChI is InChI=1S/C55H82N2O10/c1-5-7-16-48(62)49(63)28-22-39-21-20-38-14-11-13-37(6-2)44(38)15-12-17-51(54(4,67)55(30-9-8-10-31-55)41-23-25-42(60)26-24-41)57-47(45(39)32-43(61)35-59)27-29-50(64)53-46(33-52(65)66)40(34-58)19-18-36(3)56-53/h11,13-14,22-26,28,36,40,43,46-51,53,56-64,67H,5-10,16-21,27,29-35H2,1-4H3,(H,65,66). The summed E-state index contributed by atoms with van der Waals surface area (Å²) in [7, 11) is 0. The monoisotopic (exact) mass is 931 g/mol. The van der Waals surface area contributed by atoms with Gasteiger partial charge in [-0.05, 0) is 136 Å².